The predicted molar refractivity (Wildman–Crippen MR) is 126 cm³/mol. The largest absolute Gasteiger partial charge is 0.493 e. The van der Waals surface area contributed by atoms with Gasteiger partial charge in [-0.3, -0.25) is 9.59 Å². The molecular weight excluding hydrogens is 440 g/mol. The summed E-state index contributed by atoms with van der Waals surface area (Å²) in [5.41, 5.74) is 1.36. The Balaban J connectivity index is 1.73. The molecular formula is C26H28O8. The van der Waals surface area contributed by atoms with Gasteiger partial charge in [-0.15, -0.1) is 0 Å². The SMILES string of the molecule is C=CC(=O)OCCOc1ccc(C(=O)/C=C/c2ccc(OCCCOC(=O)CCO)cc2)cc1. The summed E-state index contributed by atoms with van der Waals surface area (Å²) in [7, 11) is 0. The number of aliphatic hydroxyl groups excluding tert-OH is 1. The molecule has 0 heterocycles. The first-order valence-corrected chi connectivity index (χ1v) is 10.8. The minimum Gasteiger partial charge on any atom is -0.493 e. The topological polar surface area (TPSA) is 108 Å². The smallest absolute Gasteiger partial charge is 0.330 e. The Morgan fingerprint density at radius 1 is 0.824 bits per heavy atom. The van der Waals surface area contributed by atoms with Gasteiger partial charge < -0.3 is 24.1 Å². The number of carbonyl (C=O) groups is 3. The van der Waals surface area contributed by atoms with Gasteiger partial charge in [-0.05, 0) is 48.0 Å². The number of aliphatic hydroxyl groups is 1. The minimum atomic E-state index is -0.506. The van der Waals surface area contributed by atoms with E-state index in [2.05, 4.69) is 6.58 Å². The number of ketones is 1. The van der Waals surface area contributed by atoms with Gasteiger partial charge >= 0.3 is 11.9 Å². The van der Waals surface area contributed by atoms with Crippen LogP contribution < -0.4 is 9.47 Å². The van der Waals surface area contributed by atoms with E-state index in [1.165, 1.54) is 6.08 Å². The molecule has 0 aromatic heterocycles. The number of esters is 2. The van der Waals surface area contributed by atoms with Crippen LogP contribution in [0, 0.1) is 0 Å². The minimum absolute atomic E-state index is 0.00529. The number of carbonyl (C=O) groups excluding carboxylic acids is 3. The lowest BCUT2D eigenvalue weighted by molar-refractivity contribution is -0.144. The van der Waals surface area contributed by atoms with Crippen molar-refractivity contribution in [2.24, 2.45) is 0 Å². The molecule has 0 aliphatic heterocycles. The second-order valence-corrected chi connectivity index (χ2v) is 6.91. The standard InChI is InChI=1S/C26H28O8/c1-2-25(29)34-19-18-32-23-11-7-21(8-12-23)24(28)13-6-20-4-9-22(10-5-20)31-16-3-17-33-26(30)14-15-27/h2,4-13,27H,1,3,14-19H2/b13-6+. The molecule has 2 rings (SSSR count). The van der Waals surface area contributed by atoms with Crippen molar-refractivity contribution >= 4 is 23.8 Å². The van der Waals surface area contributed by atoms with Crippen molar-refractivity contribution in [1.82, 2.24) is 0 Å². The summed E-state index contributed by atoms with van der Waals surface area (Å²) in [6.07, 6.45) is 4.82. The number of ether oxygens (including phenoxy) is 4. The molecule has 0 aliphatic carbocycles. The Hall–Kier alpha value is -3.91. The average Bonchev–Trinajstić information content (AvgIpc) is 2.86. The van der Waals surface area contributed by atoms with Gasteiger partial charge in [-0.25, -0.2) is 4.79 Å². The molecule has 2 aromatic rings. The van der Waals surface area contributed by atoms with E-state index in [1.54, 1.807) is 42.5 Å². The third kappa shape index (κ3) is 10.1. The van der Waals surface area contributed by atoms with Crippen LogP contribution in [-0.2, 0) is 19.1 Å². The third-order valence-electron chi connectivity index (χ3n) is 4.35. The van der Waals surface area contributed by atoms with Crippen molar-refractivity contribution in [3.05, 3.63) is 78.4 Å². The van der Waals surface area contributed by atoms with Crippen LogP contribution in [-0.4, -0.2) is 55.9 Å². The highest BCUT2D eigenvalue weighted by atomic mass is 16.6. The fourth-order valence-corrected chi connectivity index (χ4v) is 2.62. The van der Waals surface area contributed by atoms with Gasteiger partial charge in [0, 0.05) is 18.1 Å². The van der Waals surface area contributed by atoms with Crippen molar-refractivity contribution in [3.8, 4) is 11.5 Å². The van der Waals surface area contributed by atoms with Crippen molar-refractivity contribution in [2.45, 2.75) is 12.8 Å². The zero-order chi connectivity index (χ0) is 24.6. The molecule has 0 radical (unpaired) electrons. The monoisotopic (exact) mass is 468 g/mol. The molecule has 0 atom stereocenters. The lowest BCUT2D eigenvalue weighted by atomic mass is 10.1. The maximum absolute atomic E-state index is 12.4. The first-order valence-electron chi connectivity index (χ1n) is 10.8. The highest BCUT2D eigenvalue weighted by molar-refractivity contribution is 6.06. The van der Waals surface area contributed by atoms with E-state index >= 15 is 0 Å². The number of hydrogen-bond donors (Lipinski definition) is 1. The molecule has 1 N–H and O–H groups in total. The summed E-state index contributed by atoms with van der Waals surface area (Å²) < 4.78 is 20.8. The molecule has 180 valence electrons. The molecule has 0 bridgehead atoms. The van der Waals surface area contributed by atoms with Crippen LogP contribution in [0.25, 0.3) is 6.08 Å². The van der Waals surface area contributed by atoms with Gasteiger partial charge in [0.25, 0.3) is 0 Å². The normalized spacial score (nSPS) is 10.5. The van der Waals surface area contributed by atoms with Gasteiger partial charge in [0.05, 0.1) is 26.2 Å². The quantitative estimate of drug-likeness (QED) is 0.183. The van der Waals surface area contributed by atoms with E-state index in [1.807, 2.05) is 12.1 Å². The van der Waals surface area contributed by atoms with Gasteiger partial charge in [-0.1, -0.05) is 24.8 Å². The van der Waals surface area contributed by atoms with Gasteiger partial charge in [-0.2, -0.15) is 0 Å². The summed E-state index contributed by atoms with van der Waals surface area (Å²) >= 11 is 0. The van der Waals surface area contributed by atoms with Gasteiger partial charge in [0.1, 0.15) is 24.7 Å². The predicted octanol–water partition coefficient (Wildman–Crippen LogP) is 3.39. The summed E-state index contributed by atoms with van der Waals surface area (Å²) in [4.78, 5) is 34.5. The fraction of sp³-hybridized carbons (Fsp3) is 0.269. The second-order valence-electron chi connectivity index (χ2n) is 6.91. The van der Waals surface area contributed by atoms with Crippen molar-refractivity contribution in [3.63, 3.8) is 0 Å². The number of rotatable bonds is 15. The van der Waals surface area contributed by atoms with E-state index < -0.39 is 11.9 Å². The summed E-state index contributed by atoms with van der Waals surface area (Å²) in [6.45, 7) is 4.02. The first kappa shape index (κ1) is 26.3. The number of benzene rings is 2. The Morgan fingerprint density at radius 2 is 1.47 bits per heavy atom. The fourth-order valence-electron chi connectivity index (χ4n) is 2.62. The molecule has 8 nitrogen and oxygen atoms in total. The van der Waals surface area contributed by atoms with Crippen LogP contribution in [0.4, 0.5) is 0 Å². The van der Waals surface area contributed by atoms with Crippen molar-refractivity contribution in [2.75, 3.05) is 33.0 Å². The van der Waals surface area contributed by atoms with Gasteiger partial charge in [0.15, 0.2) is 5.78 Å². The molecule has 0 aliphatic rings. The second kappa shape index (κ2) is 15.0. The molecule has 0 unspecified atom stereocenters. The highest BCUT2D eigenvalue weighted by Crippen LogP contribution is 2.16. The van der Waals surface area contributed by atoms with E-state index in [9.17, 15) is 14.4 Å². The molecule has 0 spiro atoms. The van der Waals surface area contributed by atoms with Crippen molar-refractivity contribution < 1.29 is 38.4 Å². The molecule has 8 heteroatoms. The Morgan fingerprint density at radius 3 is 2.12 bits per heavy atom. The molecule has 0 fully saturated rings. The molecule has 0 saturated heterocycles. The molecule has 0 amide bonds. The third-order valence-corrected chi connectivity index (χ3v) is 4.35. The van der Waals surface area contributed by atoms with Crippen molar-refractivity contribution in [1.29, 1.82) is 0 Å². The van der Waals surface area contributed by atoms with Crippen LogP contribution in [0.1, 0.15) is 28.8 Å². The summed E-state index contributed by atoms with van der Waals surface area (Å²) in [5.74, 6) is 0.145. The zero-order valence-electron chi connectivity index (χ0n) is 18.8. The highest BCUT2D eigenvalue weighted by Gasteiger charge is 2.04. The summed E-state index contributed by atoms with van der Waals surface area (Å²) in [6, 6.07) is 13.9. The molecule has 0 saturated carbocycles. The maximum Gasteiger partial charge on any atom is 0.330 e. The van der Waals surface area contributed by atoms with E-state index in [0.29, 0.717) is 30.1 Å². The van der Waals surface area contributed by atoms with E-state index in [-0.39, 0.29) is 38.6 Å². The van der Waals surface area contributed by atoms with Crippen LogP contribution in [0.15, 0.2) is 67.3 Å². The van der Waals surface area contributed by atoms with E-state index in [0.717, 1.165) is 11.6 Å². The maximum atomic E-state index is 12.4. The Kier molecular flexibility index (Phi) is 11.6. The Bertz CT molecular complexity index is 961. The van der Waals surface area contributed by atoms with Crippen LogP contribution in [0.2, 0.25) is 0 Å². The lowest BCUT2D eigenvalue weighted by Crippen LogP contribution is -2.10. The van der Waals surface area contributed by atoms with Crippen LogP contribution >= 0.6 is 0 Å². The lowest BCUT2D eigenvalue weighted by Gasteiger charge is -2.07. The number of hydrogen-bond acceptors (Lipinski definition) is 8. The average molecular weight is 469 g/mol. The Labute approximate surface area is 198 Å². The molecule has 2 aromatic carbocycles. The first-order chi connectivity index (χ1) is 16.5. The summed E-state index contributed by atoms with van der Waals surface area (Å²) in [5, 5.41) is 8.63. The number of allylic oxidation sites excluding steroid dienone is 1. The van der Waals surface area contributed by atoms with E-state index in [4.69, 9.17) is 24.1 Å². The van der Waals surface area contributed by atoms with Crippen LogP contribution in [0.5, 0.6) is 11.5 Å². The molecule has 34 heavy (non-hydrogen) atoms. The van der Waals surface area contributed by atoms with Gasteiger partial charge in [0.2, 0.25) is 0 Å². The van der Waals surface area contributed by atoms with Crippen LogP contribution in [0.3, 0.4) is 0 Å². The zero-order valence-corrected chi connectivity index (χ0v) is 18.8.